The van der Waals surface area contributed by atoms with E-state index in [1.807, 2.05) is 0 Å². The number of hydrogen-bond donors (Lipinski definition) is 1. The van der Waals surface area contributed by atoms with Crippen LogP contribution in [0.2, 0.25) is 0 Å². The fraction of sp³-hybridized carbons (Fsp3) is 0.200. The molecule has 0 amide bonds. The average molecular weight is 335 g/mol. The number of nitro groups is 1. The van der Waals surface area contributed by atoms with Gasteiger partial charge in [0, 0.05) is 17.1 Å². The highest BCUT2D eigenvalue weighted by Crippen LogP contribution is 2.26. The van der Waals surface area contributed by atoms with Crippen LogP contribution >= 0.6 is 15.9 Å². The summed E-state index contributed by atoms with van der Waals surface area (Å²) in [7, 11) is -3.90. The number of benzene rings is 1. The Morgan fingerprint density at radius 1 is 1.50 bits per heavy atom. The summed E-state index contributed by atoms with van der Waals surface area (Å²) in [6.07, 6.45) is 2.00. The molecule has 18 heavy (non-hydrogen) atoms. The molecule has 0 aliphatic carbocycles. The lowest BCUT2D eigenvalue weighted by Gasteiger charge is -2.06. The molecule has 0 saturated heterocycles. The van der Waals surface area contributed by atoms with E-state index in [1.165, 1.54) is 12.1 Å². The molecule has 0 radical (unpaired) electrons. The Morgan fingerprint density at radius 2 is 2.17 bits per heavy atom. The summed E-state index contributed by atoms with van der Waals surface area (Å²) < 4.78 is 26.6. The molecule has 0 atom stereocenters. The fourth-order valence-corrected chi connectivity index (χ4v) is 2.98. The van der Waals surface area contributed by atoms with Gasteiger partial charge in [0.25, 0.3) is 5.69 Å². The van der Waals surface area contributed by atoms with Crippen molar-refractivity contribution in [3.05, 3.63) is 45.4 Å². The Balaban J connectivity index is 3.17. The predicted molar refractivity (Wildman–Crippen MR) is 70.8 cm³/mol. The van der Waals surface area contributed by atoms with E-state index in [4.69, 9.17) is 0 Å². The third-order valence-electron chi connectivity index (χ3n) is 2.05. The van der Waals surface area contributed by atoms with E-state index < -0.39 is 20.6 Å². The monoisotopic (exact) mass is 334 g/mol. The van der Waals surface area contributed by atoms with Crippen molar-refractivity contribution >= 4 is 31.6 Å². The zero-order valence-electron chi connectivity index (χ0n) is 9.30. The Hall–Kier alpha value is -1.25. The summed E-state index contributed by atoms with van der Waals surface area (Å²) in [5.74, 6) is 0. The third-order valence-corrected chi connectivity index (χ3v) is 4.03. The first kappa shape index (κ1) is 14.8. The summed E-state index contributed by atoms with van der Waals surface area (Å²) in [5.41, 5.74) is -0.454. The minimum atomic E-state index is -3.90. The lowest BCUT2D eigenvalue weighted by Crippen LogP contribution is -2.25. The Morgan fingerprint density at radius 3 is 2.72 bits per heavy atom. The van der Waals surface area contributed by atoms with Gasteiger partial charge in [-0.1, -0.05) is 22.0 Å². The Labute approximate surface area is 113 Å². The summed E-state index contributed by atoms with van der Waals surface area (Å²) in [6.45, 7) is 3.61. The van der Waals surface area contributed by atoms with Gasteiger partial charge in [0.15, 0.2) is 4.90 Å². The molecule has 0 fully saturated rings. The first-order valence-corrected chi connectivity index (χ1v) is 7.20. The van der Waals surface area contributed by atoms with Gasteiger partial charge in [-0.2, -0.15) is 0 Å². The van der Waals surface area contributed by atoms with Crippen molar-refractivity contribution in [3.8, 4) is 0 Å². The standard InChI is InChI=1S/C10H11BrN2O4S/c1-2-3-6-12-18(16,17)10-7-8(11)4-5-9(10)13(14)15/h2,4-5,7,12H,1,3,6H2. The van der Waals surface area contributed by atoms with Gasteiger partial charge in [-0.3, -0.25) is 10.1 Å². The lowest BCUT2D eigenvalue weighted by molar-refractivity contribution is -0.387. The second-order valence-electron chi connectivity index (χ2n) is 3.34. The van der Waals surface area contributed by atoms with Crippen molar-refractivity contribution in [2.45, 2.75) is 11.3 Å². The van der Waals surface area contributed by atoms with Crippen LogP contribution in [0.25, 0.3) is 0 Å². The van der Waals surface area contributed by atoms with Gasteiger partial charge in [-0.05, 0) is 18.6 Å². The number of nitro benzene ring substituents is 1. The molecule has 1 N–H and O–H groups in total. The maximum atomic E-state index is 11.9. The highest BCUT2D eigenvalue weighted by molar-refractivity contribution is 9.10. The van der Waals surface area contributed by atoms with E-state index in [0.717, 1.165) is 6.07 Å². The average Bonchev–Trinajstić information content (AvgIpc) is 2.28. The van der Waals surface area contributed by atoms with Crippen molar-refractivity contribution in [1.29, 1.82) is 0 Å². The molecule has 98 valence electrons. The van der Waals surface area contributed by atoms with Gasteiger partial charge >= 0.3 is 0 Å². The van der Waals surface area contributed by atoms with Crippen LogP contribution in [-0.2, 0) is 10.0 Å². The van der Waals surface area contributed by atoms with Gasteiger partial charge in [-0.15, -0.1) is 6.58 Å². The van der Waals surface area contributed by atoms with Crippen LogP contribution in [0.1, 0.15) is 6.42 Å². The molecule has 1 aromatic rings. The van der Waals surface area contributed by atoms with E-state index in [2.05, 4.69) is 27.2 Å². The fourth-order valence-electron chi connectivity index (χ4n) is 1.23. The predicted octanol–water partition coefficient (Wildman–Crippen LogP) is 2.21. The molecule has 1 rings (SSSR count). The minimum Gasteiger partial charge on any atom is -0.258 e. The molecule has 1 aromatic carbocycles. The topological polar surface area (TPSA) is 89.3 Å². The maximum absolute atomic E-state index is 11.9. The molecule has 6 nitrogen and oxygen atoms in total. The van der Waals surface area contributed by atoms with Crippen LogP contribution in [0.3, 0.4) is 0 Å². The first-order valence-electron chi connectivity index (χ1n) is 4.93. The summed E-state index contributed by atoms with van der Waals surface area (Å²) >= 11 is 3.09. The normalized spacial score (nSPS) is 11.2. The van der Waals surface area contributed by atoms with Crippen molar-refractivity contribution < 1.29 is 13.3 Å². The summed E-state index contributed by atoms with van der Waals surface area (Å²) in [4.78, 5) is 9.71. The minimum absolute atomic E-state index is 0.148. The number of nitrogens with one attached hydrogen (secondary N) is 1. The molecular weight excluding hydrogens is 324 g/mol. The van der Waals surface area contributed by atoms with Gasteiger partial charge in [0.1, 0.15) is 0 Å². The maximum Gasteiger partial charge on any atom is 0.289 e. The molecule has 0 spiro atoms. The van der Waals surface area contributed by atoms with Crippen molar-refractivity contribution in [3.63, 3.8) is 0 Å². The van der Waals surface area contributed by atoms with Gasteiger partial charge in [0.05, 0.1) is 4.92 Å². The molecule has 0 aliphatic rings. The highest BCUT2D eigenvalue weighted by Gasteiger charge is 2.25. The van der Waals surface area contributed by atoms with E-state index in [-0.39, 0.29) is 11.4 Å². The number of sulfonamides is 1. The number of halogens is 1. The quantitative estimate of drug-likeness (QED) is 0.374. The van der Waals surface area contributed by atoms with Crippen LogP contribution in [-0.4, -0.2) is 19.9 Å². The molecule has 8 heteroatoms. The highest BCUT2D eigenvalue weighted by atomic mass is 79.9. The van der Waals surface area contributed by atoms with Crippen LogP contribution in [0.4, 0.5) is 5.69 Å². The first-order chi connectivity index (χ1) is 8.38. The van der Waals surface area contributed by atoms with Gasteiger partial charge in [-0.25, -0.2) is 13.1 Å². The third kappa shape index (κ3) is 3.62. The largest absolute Gasteiger partial charge is 0.289 e. The van der Waals surface area contributed by atoms with Crippen molar-refractivity contribution in [2.24, 2.45) is 0 Å². The lowest BCUT2D eigenvalue weighted by atomic mass is 10.3. The van der Waals surface area contributed by atoms with Gasteiger partial charge < -0.3 is 0 Å². The summed E-state index contributed by atoms with van der Waals surface area (Å²) in [6, 6.07) is 3.77. The molecule has 0 heterocycles. The number of rotatable bonds is 6. The van der Waals surface area contributed by atoms with E-state index in [1.54, 1.807) is 6.08 Å². The number of nitrogens with zero attached hydrogens (tertiary/aromatic N) is 1. The molecule has 0 bridgehead atoms. The zero-order valence-corrected chi connectivity index (χ0v) is 11.7. The summed E-state index contributed by atoms with van der Waals surface area (Å²) in [5, 5.41) is 10.8. The molecule has 0 unspecified atom stereocenters. The second kappa shape index (κ2) is 6.07. The zero-order chi connectivity index (χ0) is 13.8. The smallest absolute Gasteiger partial charge is 0.258 e. The molecule has 0 aromatic heterocycles. The van der Waals surface area contributed by atoms with E-state index >= 15 is 0 Å². The number of hydrogen-bond acceptors (Lipinski definition) is 4. The van der Waals surface area contributed by atoms with Crippen LogP contribution in [0, 0.1) is 10.1 Å². The SMILES string of the molecule is C=CCCNS(=O)(=O)c1cc(Br)ccc1[N+](=O)[O-]. The van der Waals surface area contributed by atoms with Gasteiger partial charge in [0.2, 0.25) is 10.0 Å². The van der Waals surface area contributed by atoms with E-state index in [9.17, 15) is 18.5 Å². The van der Waals surface area contributed by atoms with Crippen LogP contribution in [0.5, 0.6) is 0 Å². The Kier molecular flexibility index (Phi) is 5.00. The van der Waals surface area contributed by atoms with Crippen LogP contribution < -0.4 is 4.72 Å². The molecule has 0 saturated carbocycles. The van der Waals surface area contributed by atoms with E-state index in [0.29, 0.717) is 10.9 Å². The molecule has 0 aliphatic heterocycles. The van der Waals surface area contributed by atoms with Crippen molar-refractivity contribution in [1.82, 2.24) is 4.72 Å². The van der Waals surface area contributed by atoms with Crippen LogP contribution in [0.15, 0.2) is 40.2 Å². The Bertz CT molecular complexity index is 571. The molecular formula is C10H11BrN2O4S. The van der Waals surface area contributed by atoms with Crippen molar-refractivity contribution in [2.75, 3.05) is 6.54 Å². The second-order valence-corrected chi connectivity index (χ2v) is 6.00.